The summed E-state index contributed by atoms with van der Waals surface area (Å²) in [5.74, 6) is 0.791. The van der Waals surface area contributed by atoms with Crippen molar-refractivity contribution >= 4 is 11.6 Å². The lowest BCUT2D eigenvalue weighted by Crippen LogP contribution is -2.45. The van der Waals surface area contributed by atoms with E-state index in [-0.39, 0.29) is 6.10 Å². The third kappa shape index (κ3) is 3.39. The van der Waals surface area contributed by atoms with Crippen LogP contribution in [0.5, 0.6) is 5.75 Å². The van der Waals surface area contributed by atoms with Gasteiger partial charge in [0.15, 0.2) is 0 Å². The highest BCUT2D eigenvalue weighted by atomic mass is 35.5. The number of rotatable bonds is 5. The quantitative estimate of drug-likeness (QED) is 0.869. The van der Waals surface area contributed by atoms with Crippen LogP contribution in [0, 0.1) is 0 Å². The van der Waals surface area contributed by atoms with Crippen molar-refractivity contribution in [3.8, 4) is 5.75 Å². The van der Waals surface area contributed by atoms with E-state index >= 15 is 0 Å². The Kier molecular flexibility index (Phi) is 4.68. The Bertz CT molecular complexity index is 441. The molecule has 1 aromatic carbocycles. The zero-order chi connectivity index (χ0) is 13.9. The van der Waals surface area contributed by atoms with Crippen LogP contribution in [0.25, 0.3) is 0 Å². The molecule has 2 unspecified atom stereocenters. The van der Waals surface area contributed by atoms with E-state index in [1.165, 1.54) is 0 Å². The predicted molar refractivity (Wildman–Crippen MR) is 74.7 cm³/mol. The van der Waals surface area contributed by atoms with E-state index in [2.05, 4.69) is 5.32 Å². The summed E-state index contributed by atoms with van der Waals surface area (Å²) in [6.07, 6.45) is 0.523. The number of nitrogens with one attached hydrogen (secondary N) is 1. The molecule has 0 bridgehead atoms. The van der Waals surface area contributed by atoms with Crippen LogP contribution in [-0.4, -0.2) is 37.1 Å². The molecule has 2 rings (SSSR count). The molecule has 2 N–H and O–H groups in total. The minimum Gasteiger partial charge on any atom is -0.496 e. The maximum Gasteiger partial charge on any atom is 0.123 e. The van der Waals surface area contributed by atoms with Crippen molar-refractivity contribution < 1.29 is 14.6 Å². The van der Waals surface area contributed by atoms with Gasteiger partial charge in [-0.05, 0) is 25.1 Å². The molecule has 0 spiro atoms. The average molecular weight is 286 g/mol. The summed E-state index contributed by atoms with van der Waals surface area (Å²) in [7, 11) is 1.63. The number of methoxy groups -OCH3 is 1. The van der Waals surface area contributed by atoms with E-state index in [0.717, 1.165) is 11.3 Å². The van der Waals surface area contributed by atoms with E-state index in [0.29, 0.717) is 31.1 Å². The number of ether oxygens (including phenoxy) is 2. The minimum absolute atomic E-state index is 0.138. The van der Waals surface area contributed by atoms with Gasteiger partial charge in [-0.1, -0.05) is 11.6 Å². The van der Waals surface area contributed by atoms with Gasteiger partial charge in [0, 0.05) is 36.7 Å². The molecule has 1 aliphatic heterocycles. The molecule has 0 aromatic heterocycles. The lowest BCUT2D eigenvalue weighted by atomic mass is 9.96. The Labute approximate surface area is 118 Å². The fourth-order valence-corrected chi connectivity index (χ4v) is 2.50. The summed E-state index contributed by atoms with van der Waals surface area (Å²) < 4.78 is 10.7. The molecule has 1 aromatic rings. The van der Waals surface area contributed by atoms with E-state index in [1.54, 1.807) is 13.2 Å². The molecule has 4 nitrogen and oxygen atoms in total. The molecule has 0 radical (unpaired) electrons. The van der Waals surface area contributed by atoms with Crippen LogP contribution in [0.2, 0.25) is 5.02 Å². The summed E-state index contributed by atoms with van der Waals surface area (Å²) in [5, 5.41) is 14.3. The smallest absolute Gasteiger partial charge is 0.123 e. The third-order valence-electron chi connectivity index (χ3n) is 3.65. The zero-order valence-corrected chi connectivity index (χ0v) is 12.0. The first kappa shape index (κ1) is 14.6. The van der Waals surface area contributed by atoms with Gasteiger partial charge in [-0.15, -0.1) is 0 Å². The SMILES string of the molecule is COc1ccc(Cl)cc1CNCC1(O)CCOC1C. The molecular formula is C14H20ClNO3. The Morgan fingerprint density at radius 1 is 1.58 bits per heavy atom. The average Bonchev–Trinajstić information content (AvgIpc) is 2.70. The standard InChI is InChI=1S/C14H20ClNO3/c1-10-14(17,5-6-19-10)9-16-8-11-7-12(15)3-4-13(11)18-2/h3-4,7,10,16-17H,5-6,8-9H2,1-2H3. The number of aliphatic hydroxyl groups is 1. The maximum atomic E-state index is 10.4. The van der Waals surface area contributed by atoms with Crippen molar-refractivity contribution in [1.29, 1.82) is 0 Å². The van der Waals surface area contributed by atoms with Crippen molar-refractivity contribution in [2.45, 2.75) is 31.6 Å². The second-order valence-electron chi connectivity index (χ2n) is 4.93. The highest BCUT2D eigenvalue weighted by Gasteiger charge is 2.38. The van der Waals surface area contributed by atoms with E-state index < -0.39 is 5.60 Å². The van der Waals surface area contributed by atoms with Gasteiger partial charge in [0.2, 0.25) is 0 Å². The Morgan fingerprint density at radius 2 is 2.37 bits per heavy atom. The fraction of sp³-hybridized carbons (Fsp3) is 0.571. The molecule has 0 saturated carbocycles. The molecule has 1 heterocycles. The molecule has 1 aliphatic rings. The second-order valence-corrected chi connectivity index (χ2v) is 5.36. The van der Waals surface area contributed by atoms with Crippen LogP contribution in [0.1, 0.15) is 18.9 Å². The first-order chi connectivity index (χ1) is 9.05. The third-order valence-corrected chi connectivity index (χ3v) is 3.88. The monoisotopic (exact) mass is 285 g/mol. The Hall–Kier alpha value is -0.810. The largest absolute Gasteiger partial charge is 0.496 e. The normalized spacial score (nSPS) is 26.6. The highest BCUT2D eigenvalue weighted by molar-refractivity contribution is 6.30. The summed E-state index contributed by atoms with van der Waals surface area (Å²) in [5.41, 5.74) is 0.191. The van der Waals surface area contributed by atoms with Crippen LogP contribution in [0.15, 0.2) is 18.2 Å². The minimum atomic E-state index is -0.786. The maximum absolute atomic E-state index is 10.4. The van der Waals surface area contributed by atoms with Crippen LogP contribution >= 0.6 is 11.6 Å². The van der Waals surface area contributed by atoms with Gasteiger partial charge in [-0.3, -0.25) is 0 Å². The number of hydrogen-bond acceptors (Lipinski definition) is 4. The first-order valence-corrected chi connectivity index (χ1v) is 6.80. The van der Waals surface area contributed by atoms with Gasteiger partial charge in [-0.25, -0.2) is 0 Å². The van der Waals surface area contributed by atoms with Crippen molar-refractivity contribution in [2.24, 2.45) is 0 Å². The van der Waals surface area contributed by atoms with E-state index in [4.69, 9.17) is 21.1 Å². The first-order valence-electron chi connectivity index (χ1n) is 6.42. The summed E-state index contributed by atoms with van der Waals surface area (Å²) in [6, 6.07) is 5.51. The van der Waals surface area contributed by atoms with Crippen LogP contribution < -0.4 is 10.1 Å². The predicted octanol–water partition coefficient (Wildman–Crippen LogP) is 1.98. The van der Waals surface area contributed by atoms with Gasteiger partial charge < -0.3 is 19.9 Å². The molecular weight excluding hydrogens is 266 g/mol. The lowest BCUT2D eigenvalue weighted by molar-refractivity contribution is -0.0263. The molecule has 1 fully saturated rings. The van der Waals surface area contributed by atoms with Gasteiger partial charge in [0.25, 0.3) is 0 Å². The summed E-state index contributed by atoms with van der Waals surface area (Å²) in [6.45, 7) is 3.59. The van der Waals surface area contributed by atoms with Crippen LogP contribution in [0.3, 0.4) is 0 Å². The lowest BCUT2D eigenvalue weighted by Gasteiger charge is -2.26. The van der Waals surface area contributed by atoms with Crippen LogP contribution in [0.4, 0.5) is 0 Å². The Morgan fingerprint density at radius 3 is 3.00 bits per heavy atom. The summed E-state index contributed by atoms with van der Waals surface area (Å²) >= 11 is 5.98. The molecule has 5 heteroatoms. The summed E-state index contributed by atoms with van der Waals surface area (Å²) in [4.78, 5) is 0. The molecule has 106 valence electrons. The van der Waals surface area contributed by atoms with Gasteiger partial charge in [0.1, 0.15) is 11.4 Å². The topological polar surface area (TPSA) is 50.7 Å². The van der Waals surface area contributed by atoms with Crippen molar-refractivity contribution in [2.75, 3.05) is 20.3 Å². The second kappa shape index (κ2) is 6.09. The molecule has 1 saturated heterocycles. The Balaban J connectivity index is 1.94. The fourth-order valence-electron chi connectivity index (χ4n) is 2.30. The highest BCUT2D eigenvalue weighted by Crippen LogP contribution is 2.26. The van der Waals surface area contributed by atoms with E-state index in [9.17, 15) is 5.11 Å². The number of halogens is 1. The van der Waals surface area contributed by atoms with Gasteiger partial charge in [-0.2, -0.15) is 0 Å². The van der Waals surface area contributed by atoms with Crippen molar-refractivity contribution in [1.82, 2.24) is 5.32 Å². The van der Waals surface area contributed by atoms with Gasteiger partial charge >= 0.3 is 0 Å². The van der Waals surface area contributed by atoms with E-state index in [1.807, 2.05) is 19.1 Å². The van der Waals surface area contributed by atoms with Crippen molar-refractivity contribution in [3.63, 3.8) is 0 Å². The molecule has 19 heavy (non-hydrogen) atoms. The van der Waals surface area contributed by atoms with Gasteiger partial charge in [0.05, 0.1) is 13.2 Å². The van der Waals surface area contributed by atoms with Crippen LogP contribution in [-0.2, 0) is 11.3 Å². The molecule has 2 atom stereocenters. The van der Waals surface area contributed by atoms with Crippen molar-refractivity contribution in [3.05, 3.63) is 28.8 Å². The number of hydrogen-bond donors (Lipinski definition) is 2. The zero-order valence-electron chi connectivity index (χ0n) is 11.3. The molecule has 0 amide bonds. The molecule has 0 aliphatic carbocycles. The number of benzene rings is 1.